The lowest BCUT2D eigenvalue weighted by atomic mass is 9.69. The van der Waals surface area contributed by atoms with Gasteiger partial charge in [-0.3, -0.25) is 14.6 Å². The van der Waals surface area contributed by atoms with Gasteiger partial charge in [0.1, 0.15) is 17.1 Å². The number of amides is 3. The van der Waals surface area contributed by atoms with Crippen molar-refractivity contribution in [3.63, 3.8) is 0 Å². The summed E-state index contributed by atoms with van der Waals surface area (Å²) in [4.78, 5) is 48.6. The number of benzene rings is 2. The Kier molecular flexibility index (Phi) is 11.0. The molecule has 0 spiro atoms. The number of rotatable bonds is 11. The fourth-order valence-corrected chi connectivity index (χ4v) is 6.87. The summed E-state index contributed by atoms with van der Waals surface area (Å²) in [6, 6.07) is 19.7. The third-order valence-electron chi connectivity index (χ3n) is 9.13. The second-order valence-electron chi connectivity index (χ2n) is 13.9. The molecule has 0 saturated carbocycles. The van der Waals surface area contributed by atoms with Gasteiger partial charge in [-0.05, 0) is 70.2 Å². The van der Waals surface area contributed by atoms with Crippen LogP contribution < -0.4 is 10.1 Å². The molecule has 2 aliphatic rings. The van der Waals surface area contributed by atoms with Crippen LogP contribution in [0.25, 0.3) is 0 Å². The average molecular weight is 657 g/mol. The van der Waals surface area contributed by atoms with Crippen molar-refractivity contribution in [1.82, 2.24) is 20.1 Å². The van der Waals surface area contributed by atoms with Crippen molar-refractivity contribution in [3.8, 4) is 11.5 Å². The quantitative estimate of drug-likeness (QED) is 0.255. The fourth-order valence-electron chi connectivity index (χ4n) is 6.87. The van der Waals surface area contributed by atoms with Crippen LogP contribution in [-0.2, 0) is 31.0 Å². The van der Waals surface area contributed by atoms with Crippen molar-refractivity contribution < 1.29 is 28.6 Å². The Morgan fingerprint density at radius 2 is 1.65 bits per heavy atom. The van der Waals surface area contributed by atoms with Crippen molar-refractivity contribution in [2.45, 2.75) is 64.0 Å². The lowest BCUT2D eigenvalue weighted by molar-refractivity contribution is -0.138. The van der Waals surface area contributed by atoms with Crippen LogP contribution >= 0.6 is 0 Å². The molecule has 0 aliphatic carbocycles. The van der Waals surface area contributed by atoms with Crippen LogP contribution in [0.2, 0.25) is 0 Å². The van der Waals surface area contributed by atoms with E-state index in [4.69, 9.17) is 14.2 Å². The Morgan fingerprint density at radius 3 is 2.27 bits per heavy atom. The first-order valence-corrected chi connectivity index (χ1v) is 16.8. The maximum Gasteiger partial charge on any atom is 0.410 e. The van der Waals surface area contributed by atoms with E-state index in [2.05, 4.69) is 22.4 Å². The third kappa shape index (κ3) is 8.16. The van der Waals surface area contributed by atoms with Gasteiger partial charge in [0.25, 0.3) is 0 Å². The van der Waals surface area contributed by atoms with Crippen LogP contribution in [0.4, 0.5) is 4.79 Å². The minimum atomic E-state index is -0.720. The van der Waals surface area contributed by atoms with Crippen LogP contribution in [0, 0.1) is 11.8 Å². The molecule has 0 bridgehead atoms. The zero-order valence-electron chi connectivity index (χ0n) is 28.7. The van der Waals surface area contributed by atoms with E-state index in [-0.39, 0.29) is 24.9 Å². The number of hydrogen-bond acceptors (Lipinski definition) is 7. The van der Waals surface area contributed by atoms with Crippen molar-refractivity contribution in [1.29, 1.82) is 0 Å². The minimum Gasteiger partial charge on any atom is -0.457 e. The number of para-hydroxylation sites is 2. The molecular formula is C38H48N4O6. The zero-order valence-corrected chi connectivity index (χ0v) is 28.7. The predicted octanol–water partition coefficient (Wildman–Crippen LogP) is 5.94. The molecule has 2 aromatic carbocycles. The molecule has 1 fully saturated rings. The number of nitrogens with one attached hydrogen (secondary N) is 1. The number of carbonyl (C=O) groups is 3. The number of aromatic nitrogens is 1. The molecule has 10 heteroatoms. The predicted molar refractivity (Wildman–Crippen MR) is 183 cm³/mol. The Morgan fingerprint density at radius 1 is 0.979 bits per heavy atom. The maximum atomic E-state index is 14.2. The summed E-state index contributed by atoms with van der Waals surface area (Å²) in [6.07, 6.45) is 5.72. The number of nitrogens with zero attached hydrogens (tertiary/aromatic N) is 3. The van der Waals surface area contributed by atoms with E-state index in [1.54, 1.807) is 52.2 Å². The SMILES string of the molecule is COCCCCC1(CNC(=O)[C@H]2C[C@@H](C(=O)N(C)Cc3cccnc3)CN(C(=O)OC(C)(C)C)C2)c2ccccc2Oc2ccccc21. The van der Waals surface area contributed by atoms with Crippen molar-refractivity contribution in [2.24, 2.45) is 11.8 Å². The topological polar surface area (TPSA) is 110 Å². The highest BCUT2D eigenvalue weighted by atomic mass is 16.6. The first-order chi connectivity index (χ1) is 23.0. The van der Waals surface area contributed by atoms with Gasteiger partial charge in [-0.15, -0.1) is 0 Å². The van der Waals surface area contributed by atoms with Gasteiger partial charge in [0, 0.05) is 75.9 Å². The Bertz CT molecular complexity index is 1530. The number of ether oxygens (including phenoxy) is 3. The smallest absolute Gasteiger partial charge is 0.410 e. The van der Waals surface area contributed by atoms with Gasteiger partial charge in [0.15, 0.2) is 0 Å². The van der Waals surface area contributed by atoms with E-state index in [1.807, 2.05) is 48.5 Å². The largest absolute Gasteiger partial charge is 0.457 e. The molecule has 0 unspecified atom stereocenters. The first-order valence-electron chi connectivity index (χ1n) is 16.8. The maximum absolute atomic E-state index is 14.2. The molecule has 3 amide bonds. The Hall–Kier alpha value is -4.44. The highest BCUT2D eigenvalue weighted by Crippen LogP contribution is 2.50. The molecule has 1 N–H and O–H groups in total. The molecule has 10 nitrogen and oxygen atoms in total. The van der Waals surface area contributed by atoms with Gasteiger partial charge in [-0.2, -0.15) is 0 Å². The lowest BCUT2D eigenvalue weighted by Gasteiger charge is -2.42. The van der Waals surface area contributed by atoms with E-state index in [1.165, 1.54) is 4.90 Å². The van der Waals surface area contributed by atoms with Crippen LogP contribution in [-0.4, -0.2) is 78.7 Å². The van der Waals surface area contributed by atoms with Crippen LogP contribution in [0.5, 0.6) is 11.5 Å². The first kappa shape index (κ1) is 34.9. The van der Waals surface area contributed by atoms with Gasteiger partial charge in [-0.25, -0.2) is 4.79 Å². The van der Waals surface area contributed by atoms with Crippen molar-refractivity contribution in [3.05, 3.63) is 89.7 Å². The molecule has 5 rings (SSSR count). The Labute approximate surface area is 283 Å². The second-order valence-corrected chi connectivity index (χ2v) is 13.9. The highest BCUT2D eigenvalue weighted by Gasteiger charge is 2.44. The van der Waals surface area contributed by atoms with Crippen LogP contribution in [0.15, 0.2) is 73.1 Å². The standard InChI is InChI=1S/C38H48N4O6/c1-37(2,3)48-36(45)42-24-28(21-29(25-42)35(44)41(4)23-27-13-12-19-39-22-27)34(43)40-26-38(18-10-11-20-46-5)30-14-6-8-16-32(30)47-33-17-9-7-15-31(33)38/h6-9,12-17,19,22,28-29H,10-11,18,20-21,23-26H2,1-5H3,(H,40,43)/t28-,29+/m0/s1. The van der Waals surface area contributed by atoms with E-state index >= 15 is 0 Å². The molecule has 1 saturated heterocycles. The Balaban J connectivity index is 1.40. The van der Waals surface area contributed by atoms with Gasteiger partial charge in [-0.1, -0.05) is 42.5 Å². The van der Waals surface area contributed by atoms with E-state index < -0.39 is 28.9 Å². The number of likely N-dealkylation sites (tertiary alicyclic amines) is 1. The molecule has 1 aromatic heterocycles. The van der Waals surface area contributed by atoms with Gasteiger partial charge in [0.2, 0.25) is 11.8 Å². The van der Waals surface area contributed by atoms with Crippen molar-refractivity contribution >= 4 is 17.9 Å². The molecule has 3 aromatic rings. The molecule has 0 radical (unpaired) electrons. The van der Waals surface area contributed by atoms with Crippen molar-refractivity contribution in [2.75, 3.05) is 40.4 Å². The molecule has 256 valence electrons. The number of fused-ring (bicyclic) bond motifs is 2. The van der Waals surface area contributed by atoms with Gasteiger partial charge in [0.05, 0.1) is 11.8 Å². The number of carbonyl (C=O) groups excluding carboxylic acids is 3. The third-order valence-corrected chi connectivity index (χ3v) is 9.13. The number of methoxy groups -OCH3 is 1. The monoisotopic (exact) mass is 656 g/mol. The summed E-state index contributed by atoms with van der Waals surface area (Å²) in [5, 5.41) is 3.28. The number of piperidine rings is 1. The summed E-state index contributed by atoms with van der Waals surface area (Å²) in [5.74, 6) is 0.0288. The lowest BCUT2D eigenvalue weighted by Crippen LogP contribution is -2.54. The fraction of sp³-hybridized carbons (Fsp3) is 0.474. The van der Waals surface area contributed by atoms with Gasteiger partial charge >= 0.3 is 6.09 Å². The number of hydrogen-bond donors (Lipinski definition) is 1. The summed E-state index contributed by atoms with van der Waals surface area (Å²) in [6.45, 7) is 7.11. The van der Waals surface area contributed by atoms with Crippen LogP contribution in [0.3, 0.4) is 0 Å². The minimum absolute atomic E-state index is 0.133. The molecule has 48 heavy (non-hydrogen) atoms. The highest BCUT2D eigenvalue weighted by molar-refractivity contribution is 5.84. The summed E-state index contributed by atoms with van der Waals surface area (Å²) in [5.41, 5.74) is 1.67. The second kappa shape index (κ2) is 15.2. The molecule has 2 atom stereocenters. The normalized spacial score (nSPS) is 18.1. The zero-order chi connectivity index (χ0) is 34.3. The number of unbranched alkanes of at least 4 members (excludes halogenated alkanes) is 1. The average Bonchev–Trinajstić information content (AvgIpc) is 3.08. The number of pyridine rings is 1. The molecule has 3 heterocycles. The van der Waals surface area contributed by atoms with E-state index in [9.17, 15) is 14.4 Å². The van der Waals surface area contributed by atoms with E-state index in [0.29, 0.717) is 26.1 Å². The van der Waals surface area contributed by atoms with E-state index in [0.717, 1.165) is 47.5 Å². The summed E-state index contributed by atoms with van der Waals surface area (Å²) in [7, 11) is 3.44. The van der Waals surface area contributed by atoms with Gasteiger partial charge < -0.3 is 29.3 Å². The molecular weight excluding hydrogens is 608 g/mol. The van der Waals surface area contributed by atoms with Crippen LogP contribution in [0.1, 0.15) is 63.1 Å². The molecule has 2 aliphatic heterocycles. The summed E-state index contributed by atoms with van der Waals surface area (Å²) < 4.78 is 17.4. The summed E-state index contributed by atoms with van der Waals surface area (Å²) >= 11 is 0.